The highest BCUT2D eigenvalue weighted by atomic mass is 79.9. The molecule has 0 saturated carbocycles. The van der Waals surface area contributed by atoms with Gasteiger partial charge < -0.3 is 24.3 Å². The van der Waals surface area contributed by atoms with E-state index in [1.54, 1.807) is 6.07 Å². The molecule has 0 aromatic heterocycles. The van der Waals surface area contributed by atoms with Crippen LogP contribution in [0, 0.1) is 0 Å². The molecule has 0 bridgehead atoms. The number of hydrogen-bond donors (Lipinski definition) is 1. The van der Waals surface area contributed by atoms with Crippen LogP contribution < -0.4 is 19.5 Å². The van der Waals surface area contributed by atoms with Crippen molar-refractivity contribution < 1.29 is 28.5 Å². The summed E-state index contributed by atoms with van der Waals surface area (Å²) in [5.74, 6) is -0.652. The number of halogens is 4. The molecule has 0 heterocycles. The Balaban J connectivity index is 2.22. The summed E-state index contributed by atoms with van der Waals surface area (Å²) < 4.78 is 21.6. The van der Waals surface area contributed by atoms with Crippen molar-refractivity contribution in [3.05, 3.63) is 42.8 Å². The first-order valence-corrected chi connectivity index (χ1v) is 10.2. The Labute approximate surface area is 193 Å². The third-order valence-electron chi connectivity index (χ3n) is 3.60. The molecule has 1 amide bonds. The van der Waals surface area contributed by atoms with E-state index in [1.807, 2.05) is 0 Å². The summed E-state index contributed by atoms with van der Waals surface area (Å²) in [7, 11) is 4.25. The standard InChI is InChI=1S/C18H15Br2Cl2NO6/c1-26-15-13(19)12(14(20)16(27-2)17(15)28-3)18(25)29-7-11(24)23-10-6-8(21)4-5-9(10)22/h4-6H,7H2,1-3H3,(H,23,24). The van der Waals surface area contributed by atoms with Gasteiger partial charge in [0.05, 0.1) is 46.5 Å². The first-order valence-electron chi connectivity index (χ1n) is 7.84. The summed E-state index contributed by atoms with van der Waals surface area (Å²) in [5, 5.41) is 3.22. The minimum absolute atomic E-state index is 0.0630. The van der Waals surface area contributed by atoms with Gasteiger partial charge in [-0.2, -0.15) is 0 Å². The second-order valence-electron chi connectivity index (χ2n) is 5.35. The summed E-state index contributed by atoms with van der Waals surface area (Å²) in [4.78, 5) is 24.8. The van der Waals surface area contributed by atoms with Gasteiger partial charge in [-0.1, -0.05) is 23.2 Å². The molecule has 0 spiro atoms. The van der Waals surface area contributed by atoms with Gasteiger partial charge in [-0.25, -0.2) is 4.79 Å². The lowest BCUT2D eigenvalue weighted by Crippen LogP contribution is -2.21. The van der Waals surface area contributed by atoms with Crippen molar-refractivity contribution in [3.63, 3.8) is 0 Å². The Kier molecular flexibility index (Phi) is 8.45. The molecular formula is C18H15Br2Cl2NO6. The Bertz CT molecular complexity index is 923. The molecule has 29 heavy (non-hydrogen) atoms. The summed E-state index contributed by atoms with van der Waals surface area (Å²) in [6.07, 6.45) is 0. The maximum atomic E-state index is 12.6. The fourth-order valence-electron chi connectivity index (χ4n) is 2.34. The van der Waals surface area contributed by atoms with E-state index in [0.29, 0.717) is 15.7 Å². The monoisotopic (exact) mass is 569 g/mol. The molecule has 156 valence electrons. The number of anilines is 1. The molecule has 0 unspecified atom stereocenters. The van der Waals surface area contributed by atoms with Crippen LogP contribution in [0.25, 0.3) is 0 Å². The van der Waals surface area contributed by atoms with Gasteiger partial charge in [0.15, 0.2) is 18.1 Å². The Hall–Kier alpha value is -1.68. The van der Waals surface area contributed by atoms with E-state index in [4.69, 9.17) is 42.1 Å². The molecule has 0 atom stereocenters. The molecule has 0 aliphatic rings. The van der Waals surface area contributed by atoms with Crippen LogP contribution in [0.2, 0.25) is 10.0 Å². The number of nitrogens with one attached hydrogen (secondary N) is 1. The lowest BCUT2D eigenvalue weighted by molar-refractivity contribution is -0.119. The minimum atomic E-state index is -0.796. The van der Waals surface area contributed by atoms with Gasteiger partial charge in [-0.15, -0.1) is 0 Å². The van der Waals surface area contributed by atoms with E-state index >= 15 is 0 Å². The van der Waals surface area contributed by atoms with Crippen molar-refractivity contribution in [1.29, 1.82) is 0 Å². The lowest BCUT2D eigenvalue weighted by atomic mass is 10.2. The third kappa shape index (κ3) is 5.28. The van der Waals surface area contributed by atoms with Crippen molar-refractivity contribution in [2.75, 3.05) is 33.3 Å². The first-order chi connectivity index (χ1) is 13.7. The fraction of sp³-hybridized carbons (Fsp3) is 0.222. The van der Waals surface area contributed by atoms with E-state index in [1.165, 1.54) is 33.5 Å². The van der Waals surface area contributed by atoms with Gasteiger partial charge >= 0.3 is 5.97 Å². The van der Waals surface area contributed by atoms with Crippen LogP contribution in [0.15, 0.2) is 27.1 Å². The number of methoxy groups -OCH3 is 3. The number of benzene rings is 2. The highest BCUT2D eigenvalue weighted by Gasteiger charge is 2.29. The molecular weight excluding hydrogens is 557 g/mol. The normalized spacial score (nSPS) is 10.3. The van der Waals surface area contributed by atoms with Gasteiger partial charge in [0.1, 0.15) is 0 Å². The zero-order valence-corrected chi connectivity index (χ0v) is 20.1. The number of amides is 1. The van der Waals surface area contributed by atoms with Crippen molar-refractivity contribution in [2.24, 2.45) is 0 Å². The van der Waals surface area contributed by atoms with Crippen molar-refractivity contribution in [1.82, 2.24) is 0 Å². The SMILES string of the molecule is COc1c(Br)c(C(=O)OCC(=O)Nc2cc(Cl)ccc2Cl)c(Br)c(OC)c1OC. The van der Waals surface area contributed by atoms with Crippen LogP contribution in [0.5, 0.6) is 17.2 Å². The van der Waals surface area contributed by atoms with E-state index in [-0.39, 0.29) is 31.8 Å². The van der Waals surface area contributed by atoms with Crippen LogP contribution in [0.3, 0.4) is 0 Å². The third-order valence-corrected chi connectivity index (χ3v) is 5.68. The summed E-state index contributed by atoms with van der Waals surface area (Å²) in [6.45, 7) is -0.558. The number of rotatable bonds is 7. The molecule has 1 N–H and O–H groups in total. The van der Waals surface area contributed by atoms with Crippen molar-refractivity contribution in [3.8, 4) is 17.2 Å². The average Bonchev–Trinajstić information content (AvgIpc) is 2.68. The number of carbonyl (C=O) groups excluding carboxylic acids is 2. The molecule has 11 heteroatoms. The predicted molar refractivity (Wildman–Crippen MR) is 117 cm³/mol. The second kappa shape index (κ2) is 10.4. The molecule has 7 nitrogen and oxygen atoms in total. The predicted octanol–water partition coefficient (Wildman–Crippen LogP) is 5.34. The molecule has 0 aliphatic carbocycles. The van der Waals surface area contributed by atoms with Crippen LogP contribution in [-0.4, -0.2) is 39.8 Å². The maximum absolute atomic E-state index is 12.6. The van der Waals surface area contributed by atoms with E-state index in [9.17, 15) is 9.59 Å². The number of carbonyl (C=O) groups is 2. The van der Waals surface area contributed by atoms with Gasteiger partial charge in [-0.05, 0) is 50.1 Å². The molecule has 2 aromatic rings. The highest BCUT2D eigenvalue weighted by Crippen LogP contribution is 2.50. The number of ether oxygens (including phenoxy) is 4. The minimum Gasteiger partial charge on any atom is -0.492 e. The average molecular weight is 572 g/mol. The van der Waals surface area contributed by atoms with Crippen LogP contribution in [-0.2, 0) is 9.53 Å². The molecule has 0 aliphatic heterocycles. The second-order valence-corrected chi connectivity index (χ2v) is 7.78. The Morgan fingerprint density at radius 1 is 0.966 bits per heavy atom. The van der Waals surface area contributed by atoms with E-state index in [2.05, 4.69) is 37.2 Å². The summed E-state index contributed by atoms with van der Waals surface area (Å²) in [6, 6.07) is 4.60. The van der Waals surface area contributed by atoms with Crippen molar-refractivity contribution >= 4 is 72.6 Å². The zero-order valence-electron chi connectivity index (χ0n) is 15.4. The summed E-state index contributed by atoms with van der Waals surface area (Å²) >= 11 is 18.5. The smallest absolute Gasteiger partial charge is 0.341 e. The first kappa shape index (κ1) is 23.6. The summed E-state index contributed by atoms with van der Waals surface area (Å²) in [5.41, 5.74) is 0.364. The quantitative estimate of drug-likeness (QED) is 0.452. The molecule has 0 fully saturated rings. The topological polar surface area (TPSA) is 83.1 Å². The van der Waals surface area contributed by atoms with E-state index in [0.717, 1.165) is 0 Å². The Morgan fingerprint density at radius 3 is 2.03 bits per heavy atom. The van der Waals surface area contributed by atoms with Crippen LogP contribution in [0.4, 0.5) is 5.69 Å². The Morgan fingerprint density at radius 2 is 1.52 bits per heavy atom. The van der Waals surface area contributed by atoms with Gasteiger partial charge in [0.2, 0.25) is 5.75 Å². The largest absolute Gasteiger partial charge is 0.492 e. The molecule has 2 aromatic carbocycles. The zero-order chi connectivity index (χ0) is 21.7. The maximum Gasteiger partial charge on any atom is 0.341 e. The molecule has 2 rings (SSSR count). The van der Waals surface area contributed by atoms with Crippen LogP contribution >= 0.6 is 55.1 Å². The van der Waals surface area contributed by atoms with Gasteiger partial charge in [-0.3, -0.25) is 4.79 Å². The number of hydrogen-bond acceptors (Lipinski definition) is 6. The molecule has 0 radical (unpaired) electrons. The number of esters is 1. The van der Waals surface area contributed by atoms with Gasteiger partial charge in [0, 0.05) is 5.02 Å². The van der Waals surface area contributed by atoms with E-state index < -0.39 is 18.5 Å². The fourth-order valence-corrected chi connectivity index (χ4v) is 4.34. The molecule has 0 saturated heterocycles. The highest BCUT2D eigenvalue weighted by molar-refractivity contribution is 9.11. The van der Waals surface area contributed by atoms with Crippen LogP contribution in [0.1, 0.15) is 10.4 Å². The lowest BCUT2D eigenvalue weighted by Gasteiger charge is -2.18. The van der Waals surface area contributed by atoms with Crippen molar-refractivity contribution in [2.45, 2.75) is 0 Å². The van der Waals surface area contributed by atoms with Gasteiger partial charge in [0.25, 0.3) is 5.91 Å².